The van der Waals surface area contributed by atoms with Gasteiger partial charge in [0, 0.05) is 52.9 Å². The minimum absolute atomic E-state index is 0.0333. The molecule has 0 amide bonds. The van der Waals surface area contributed by atoms with E-state index in [0.29, 0.717) is 0 Å². The summed E-state index contributed by atoms with van der Waals surface area (Å²) < 4.78 is 0. The maximum atomic E-state index is 5.16. The molecule has 1 unspecified atom stereocenters. The van der Waals surface area contributed by atoms with Crippen molar-refractivity contribution in [3.05, 3.63) is 244 Å². The van der Waals surface area contributed by atoms with Crippen molar-refractivity contribution in [2.24, 2.45) is 0 Å². The van der Waals surface area contributed by atoms with Gasteiger partial charge in [0.1, 0.15) is 0 Å². The van der Waals surface area contributed by atoms with Gasteiger partial charge >= 0.3 is 0 Å². The van der Waals surface area contributed by atoms with Crippen LogP contribution in [0.2, 0.25) is 19.6 Å². The van der Waals surface area contributed by atoms with Crippen LogP contribution in [0.3, 0.4) is 0 Å². The van der Waals surface area contributed by atoms with E-state index in [0.717, 1.165) is 31.4 Å². The van der Waals surface area contributed by atoms with Gasteiger partial charge in [0.25, 0.3) is 0 Å². The summed E-state index contributed by atoms with van der Waals surface area (Å²) in [7, 11) is 0.757. The number of rotatable bonds is 9. The van der Waals surface area contributed by atoms with Crippen molar-refractivity contribution in [1.82, 2.24) is 0 Å². The van der Waals surface area contributed by atoms with Crippen LogP contribution in [0.15, 0.2) is 189 Å². The van der Waals surface area contributed by atoms with Gasteiger partial charge in [-0.3, -0.25) is 0 Å². The fraction of sp³-hybridized carbons (Fsp3) is 0.194. The molecule has 1 aliphatic heterocycles. The second-order valence-electron chi connectivity index (χ2n) is 21.8. The highest BCUT2D eigenvalue weighted by atomic mass is 28.3. The summed E-state index contributed by atoms with van der Waals surface area (Å²) >= 11 is 0. The normalized spacial score (nSPS) is 14.5. The Bertz CT molecular complexity index is 3550. The van der Waals surface area contributed by atoms with E-state index in [4.69, 9.17) is 6.58 Å². The molecule has 0 aromatic heterocycles. The molecular weight excluding hydrogens is 861 g/mol. The van der Waals surface area contributed by atoms with E-state index in [1.807, 2.05) is 0 Å². The van der Waals surface area contributed by atoms with E-state index < -0.39 is 8.07 Å². The van der Waals surface area contributed by atoms with Crippen molar-refractivity contribution in [2.45, 2.75) is 77.4 Å². The summed E-state index contributed by atoms with van der Waals surface area (Å²) in [6.45, 7) is 19.5. The maximum absolute atomic E-state index is 5.16. The van der Waals surface area contributed by atoms with Crippen LogP contribution in [-0.2, 0) is 31.1 Å². The standard InChI is InChI=1S/C67H62N2Si/c1-43-27-32-51(33-28-43)69(52-34-36-53(37-35-52)70(6,7)8)63-42-61-65(56-24-13-12-23-55(56)63)58-38-31-47(41-60(58)67(61,3)4)44(2)59(57-25-16-19-46-30-29-45-17-9-11-22-54(45)64(46)57)40-50-21-15-20-49-39-48-18-10-14-26-62(48)68(5)66(49)50/h9-28,31-38,41-42,59H,2,29-30,39-40H2,1,3-8H3. The molecule has 1 heterocycles. The van der Waals surface area contributed by atoms with E-state index in [2.05, 4.69) is 239 Å². The molecule has 2 nitrogen and oxygen atoms in total. The van der Waals surface area contributed by atoms with Crippen LogP contribution in [0.5, 0.6) is 0 Å². The van der Waals surface area contributed by atoms with Crippen LogP contribution in [0.25, 0.3) is 38.6 Å². The van der Waals surface area contributed by atoms with Gasteiger partial charge < -0.3 is 9.80 Å². The highest BCUT2D eigenvalue weighted by molar-refractivity contribution is 6.88. The smallest absolute Gasteiger partial charge is 0.0775 e. The highest BCUT2D eigenvalue weighted by Gasteiger charge is 2.39. The number of fused-ring (bicyclic) bond motifs is 10. The molecule has 0 spiro atoms. The second-order valence-corrected chi connectivity index (χ2v) is 26.9. The van der Waals surface area contributed by atoms with Crippen molar-refractivity contribution in [2.75, 3.05) is 16.8 Å². The minimum Gasteiger partial charge on any atom is -0.344 e. The van der Waals surface area contributed by atoms with Crippen molar-refractivity contribution in [3.63, 3.8) is 0 Å². The molecule has 1 atom stereocenters. The van der Waals surface area contributed by atoms with E-state index in [-0.39, 0.29) is 11.3 Å². The monoisotopic (exact) mass is 922 g/mol. The maximum Gasteiger partial charge on any atom is 0.0775 e. The van der Waals surface area contributed by atoms with Crippen LogP contribution in [0, 0.1) is 6.92 Å². The molecule has 9 aromatic carbocycles. The third-order valence-electron chi connectivity index (χ3n) is 16.2. The molecule has 9 aromatic rings. The van der Waals surface area contributed by atoms with E-state index in [1.165, 1.54) is 122 Å². The lowest BCUT2D eigenvalue weighted by molar-refractivity contribution is 0.660. The summed E-state index contributed by atoms with van der Waals surface area (Å²) in [5, 5.41) is 4.01. The largest absolute Gasteiger partial charge is 0.344 e. The third-order valence-corrected chi connectivity index (χ3v) is 18.2. The van der Waals surface area contributed by atoms with Gasteiger partial charge in [-0.1, -0.05) is 190 Å². The molecule has 344 valence electrons. The Labute approximate surface area is 416 Å². The molecule has 0 radical (unpaired) electrons. The molecule has 70 heavy (non-hydrogen) atoms. The predicted molar refractivity (Wildman–Crippen MR) is 302 cm³/mol. The van der Waals surface area contributed by atoms with Crippen LogP contribution >= 0.6 is 0 Å². The van der Waals surface area contributed by atoms with Crippen LogP contribution in [0.4, 0.5) is 28.4 Å². The van der Waals surface area contributed by atoms with Gasteiger partial charge in [-0.2, -0.15) is 0 Å². The van der Waals surface area contributed by atoms with Crippen LogP contribution in [0.1, 0.15) is 75.4 Å². The quantitative estimate of drug-likeness (QED) is 0.133. The lowest BCUT2D eigenvalue weighted by atomic mass is 9.74. The number of nitrogens with zero attached hydrogens (tertiary/aromatic N) is 2. The molecule has 0 saturated heterocycles. The number of hydrogen-bond donors (Lipinski definition) is 0. The first-order chi connectivity index (χ1) is 33.8. The summed E-state index contributed by atoms with van der Waals surface area (Å²) in [6, 6.07) is 69.4. The van der Waals surface area contributed by atoms with Crippen molar-refractivity contribution >= 4 is 58.0 Å². The second kappa shape index (κ2) is 16.7. The molecule has 2 aliphatic carbocycles. The average molecular weight is 923 g/mol. The summed E-state index contributed by atoms with van der Waals surface area (Å²) in [6.07, 6.45) is 3.90. The van der Waals surface area contributed by atoms with E-state index >= 15 is 0 Å². The van der Waals surface area contributed by atoms with Gasteiger partial charge in [0.05, 0.1) is 13.8 Å². The number of aryl methyl sites for hydroxylation is 3. The Kier molecular flexibility index (Phi) is 10.5. The van der Waals surface area contributed by atoms with Crippen LogP contribution in [-0.4, -0.2) is 15.1 Å². The zero-order chi connectivity index (χ0) is 48.1. The van der Waals surface area contributed by atoms with E-state index in [1.54, 1.807) is 0 Å². The van der Waals surface area contributed by atoms with Gasteiger partial charge in [-0.25, -0.2) is 0 Å². The first-order valence-corrected chi connectivity index (χ1v) is 28.9. The molecule has 12 rings (SSSR count). The lowest BCUT2D eigenvalue weighted by Crippen LogP contribution is -2.37. The third kappa shape index (κ3) is 7.20. The number of benzene rings is 9. The van der Waals surface area contributed by atoms with Gasteiger partial charge in [0.15, 0.2) is 0 Å². The Hall–Kier alpha value is -7.20. The predicted octanol–water partition coefficient (Wildman–Crippen LogP) is 16.9. The summed E-state index contributed by atoms with van der Waals surface area (Å²) in [5.74, 6) is 0.0333. The minimum atomic E-state index is -1.50. The molecule has 0 N–H and O–H groups in total. The first kappa shape index (κ1) is 44.0. The van der Waals surface area contributed by atoms with Gasteiger partial charge in [-0.15, -0.1) is 0 Å². The zero-order valence-electron chi connectivity index (χ0n) is 41.8. The fourth-order valence-corrected chi connectivity index (χ4v) is 13.6. The Balaban J connectivity index is 1.000. The van der Waals surface area contributed by atoms with Crippen LogP contribution < -0.4 is 15.0 Å². The topological polar surface area (TPSA) is 6.48 Å². The molecule has 0 fully saturated rings. The SMILES string of the molecule is C=C(c1ccc2c(c1)C(C)(C)c1cc(N(c3ccc(C)cc3)c3ccc([Si](C)(C)C)cc3)c3ccccc3c1-2)C(Cc1cccc2c1N(C)c1ccccc1C2)c1cccc2c1-c1ccccc1CC2. The summed E-state index contributed by atoms with van der Waals surface area (Å²) in [5.41, 5.74) is 26.1. The van der Waals surface area contributed by atoms with Gasteiger partial charge in [0.2, 0.25) is 0 Å². The summed E-state index contributed by atoms with van der Waals surface area (Å²) in [4.78, 5) is 4.93. The molecule has 0 saturated carbocycles. The fourth-order valence-electron chi connectivity index (χ4n) is 12.4. The van der Waals surface area contributed by atoms with E-state index in [9.17, 15) is 0 Å². The Morgan fingerprint density at radius 1 is 0.614 bits per heavy atom. The number of hydrogen-bond acceptors (Lipinski definition) is 2. The number of anilines is 5. The lowest BCUT2D eigenvalue weighted by Gasteiger charge is -2.34. The highest BCUT2D eigenvalue weighted by Crippen LogP contribution is 2.56. The zero-order valence-corrected chi connectivity index (χ0v) is 42.8. The molecule has 0 bridgehead atoms. The van der Waals surface area contributed by atoms with Gasteiger partial charge in [-0.05, 0) is 152 Å². The molecule has 3 aliphatic rings. The van der Waals surface area contributed by atoms with Crippen molar-refractivity contribution in [3.8, 4) is 22.3 Å². The Morgan fingerprint density at radius 3 is 2.03 bits per heavy atom. The number of allylic oxidation sites excluding steroid dienone is 1. The Morgan fingerprint density at radius 2 is 1.26 bits per heavy atom. The van der Waals surface area contributed by atoms with Crippen molar-refractivity contribution < 1.29 is 0 Å². The molecule has 3 heteroatoms. The van der Waals surface area contributed by atoms with Crippen molar-refractivity contribution in [1.29, 1.82) is 0 Å². The number of para-hydroxylation sites is 2. The molecular formula is C67H62N2Si. The average Bonchev–Trinajstić information content (AvgIpc) is 3.60. The first-order valence-electron chi connectivity index (χ1n) is 25.4.